The Balaban J connectivity index is 1.67. The molecule has 0 unspecified atom stereocenters. The van der Waals surface area contributed by atoms with Gasteiger partial charge >= 0.3 is 0 Å². The molecule has 2 aromatic heterocycles. The maximum Gasteiger partial charge on any atom is 0.277 e. The molecule has 2 heterocycles. The third-order valence-electron chi connectivity index (χ3n) is 3.40. The van der Waals surface area contributed by atoms with E-state index in [9.17, 15) is 13.6 Å². The number of rotatable bonds is 4. The van der Waals surface area contributed by atoms with Gasteiger partial charge in [-0.15, -0.1) is 0 Å². The van der Waals surface area contributed by atoms with E-state index in [0.29, 0.717) is 12.0 Å². The van der Waals surface area contributed by atoms with E-state index in [1.54, 1.807) is 12.1 Å². The minimum absolute atomic E-state index is 0.0464. The molecule has 1 aromatic carbocycles. The number of hydrogen-bond acceptors (Lipinski definition) is 5. The second-order valence-corrected chi connectivity index (χ2v) is 5.36. The van der Waals surface area contributed by atoms with Crippen LogP contribution in [0.4, 0.5) is 14.6 Å². The Labute approximate surface area is 147 Å². The number of nitriles is 1. The van der Waals surface area contributed by atoms with Crippen LogP contribution in [-0.2, 0) is 6.42 Å². The third kappa shape index (κ3) is 4.21. The van der Waals surface area contributed by atoms with Crippen LogP contribution in [0.2, 0.25) is 0 Å². The molecule has 0 atom stereocenters. The van der Waals surface area contributed by atoms with E-state index in [1.165, 1.54) is 30.7 Å². The molecule has 3 rings (SSSR count). The Morgan fingerprint density at radius 2 is 1.77 bits per heavy atom. The lowest BCUT2D eigenvalue weighted by Gasteiger charge is -2.06. The zero-order valence-corrected chi connectivity index (χ0v) is 13.3. The number of benzene rings is 1. The molecule has 8 heteroatoms. The molecular weight excluding hydrogens is 340 g/mol. The molecule has 0 aliphatic rings. The highest BCUT2D eigenvalue weighted by Gasteiger charge is 2.09. The molecule has 0 aliphatic carbocycles. The molecule has 0 fully saturated rings. The fraction of sp³-hybridized carbons (Fsp3) is 0.0556. The van der Waals surface area contributed by atoms with Gasteiger partial charge in [0.1, 0.15) is 29.2 Å². The average molecular weight is 351 g/mol. The fourth-order valence-electron chi connectivity index (χ4n) is 2.24. The molecule has 0 aliphatic heterocycles. The summed E-state index contributed by atoms with van der Waals surface area (Å²) in [4.78, 5) is 23.8. The van der Waals surface area contributed by atoms with Gasteiger partial charge in [-0.3, -0.25) is 4.79 Å². The molecule has 0 saturated heterocycles. The van der Waals surface area contributed by atoms with Gasteiger partial charge in [0.15, 0.2) is 5.69 Å². The number of halogens is 2. The number of nitrogens with zero attached hydrogens (tertiary/aromatic N) is 4. The molecule has 0 spiro atoms. The summed E-state index contributed by atoms with van der Waals surface area (Å²) < 4.78 is 26.4. The first-order chi connectivity index (χ1) is 12.5. The Hall–Kier alpha value is -3.73. The first kappa shape index (κ1) is 17.1. The van der Waals surface area contributed by atoms with E-state index in [0.717, 1.165) is 11.6 Å². The van der Waals surface area contributed by atoms with Crippen LogP contribution in [0.15, 0.2) is 48.9 Å². The predicted molar refractivity (Wildman–Crippen MR) is 88.1 cm³/mol. The number of aromatic nitrogens is 3. The Morgan fingerprint density at radius 1 is 1.00 bits per heavy atom. The van der Waals surface area contributed by atoms with Gasteiger partial charge in [0, 0.05) is 12.3 Å². The second-order valence-electron chi connectivity index (χ2n) is 5.36. The van der Waals surface area contributed by atoms with Crippen LogP contribution in [-0.4, -0.2) is 20.9 Å². The zero-order valence-electron chi connectivity index (χ0n) is 13.3. The summed E-state index contributed by atoms with van der Waals surface area (Å²) >= 11 is 0. The van der Waals surface area contributed by atoms with Crippen LogP contribution in [0.3, 0.4) is 0 Å². The number of carbonyl (C=O) groups excluding carboxylic acids is 1. The predicted octanol–water partition coefficient (Wildman–Crippen LogP) is 2.86. The van der Waals surface area contributed by atoms with Gasteiger partial charge in [-0.1, -0.05) is 6.07 Å². The molecular formula is C18H11F2N5O. The molecule has 0 saturated carbocycles. The van der Waals surface area contributed by atoms with Crippen molar-refractivity contribution in [1.29, 1.82) is 5.26 Å². The summed E-state index contributed by atoms with van der Waals surface area (Å²) in [5, 5.41) is 11.2. The fourth-order valence-corrected chi connectivity index (χ4v) is 2.24. The van der Waals surface area contributed by atoms with E-state index in [1.807, 2.05) is 6.07 Å². The second kappa shape index (κ2) is 7.44. The lowest BCUT2D eigenvalue weighted by Crippen LogP contribution is -2.15. The zero-order chi connectivity index (χ0) is 18.5. The monoisotopic (exact) mass is 351 g/mol. The molecule has 0 radical (unpaired) electrons. The van der Waals surface area contributed by atoms with Crippen molar-refractivity contribution in [3.05, 3.63) is 83.1 Å². The lowest BCUT2D eigenvalue weighted by molar-refractivity contribution is 0.102. The van der Waals surface area contributed by atoms with E-state index < -0.39 is 17.5 Å². The highest BCUT2D eigenvalue weighted by atomic mass is 19.1. The largest absolute Gasteiger partial charge is 0.305 e. The highest BCUT2D eigenvalue weighted by Crippen LogP contribution is 2.14. The minimum Gasteiger partial charge on any atom is -0.305 e. The Kier molecular flexibility index (Phi) is 4.90. The van der Waals surface area contributed by atoms with Crippen molar-refractivity contribution >= 4 is 11.7 Å². The summed E-state index contributed by atoms with van der Waals surface area (Å²) in [5.74, 6) is -1.51. The van der Waals surface area contributed by atoms with Gasteiger partial charge in [0.05, 0.1) is 12.4 Å². The lowest BCUT2D eigenvalue weighted by atomic mass is 10.1. The van der Waals surface area contributed by atoms with Crippen molar-refractivity contribution in [3.8, 4) is 6.07 Å². The summed E-state index contributed by atoms with van der Waals surface area (Å²) in [6.45, 7) is 0. The van der Waals surface area contributed by atoms with Gasteiger partial charge in [-0.2, -0.15) is 5.26 Å². The van der Waals surface area contributed by atoms with Crippen LogP contribution < -0.4 is 5.32 Å². The van der Waals surface area contributed by atoms with Gasteiger partial charge in [-0.25, -0.2) is 23.7 Å². The maximum atomic E-state index is 13.2. The first-order valence-corrected chi connectivity index (χ1v) is 7.47. The molecule has 6 nitrogen and oxygen atoms in total. The Bertz CT molecular complexity index is 962. The molecule has 3 aromatic rings. The smallest absolute Gasteiger partial charge is 0.277 e. The van der Waals surface area contributed by atoms with Gasteiger partial charge in [-0.05, 0) is 35.7 Å². The molecule has 0 bridgehead atoms. The summed E-state index contributed by atoms with van der Waals surface area (Å²) in [5.41, 5.74) is 1.36. The molecule has 26 heavy (non-hydrogen) atoms. The standard InChI is InChI=1S/C18H11F2N5O/c19-13-4-12(5-14(20)6-13)3-11-1-2-17(24-8-11)25-18(26)16-10-22-15(7-21)9-23-16/h1-2,4-6,8-10H,3H2,(H,24,25,26). The number of pyridine rings is 1. The van der Waals surface area contributed by atoms with Gasteiger partial charge in [0.25, 0.3) is 5.91 Å². The van der Waals surface area contributed by atoms with Gasteiger partial charge < -0.3 is 5.32 Å². The normalized spacial score (nSPS) is 10.2. The maximum absolute atomic E-state index is 13.2. The Morgan fingerprint density at radius 3 is 2.35 bits per heavy atom. The van der Waals surface area contributed by atoms with Crippen molar-refractivity contribution in [2.45, 2.75) is 6.42 Å². The minimum atomic E-state index is -0.639. The van der Waals surface area contributed by atoms with Crippen molar-refractivity contribution in [1.82, 2.24) is 15.0 Å². The van der Waals surface area contributed by atoms with Crippen molar-refractivity contribution in [2.24, 2.45) is 0 Å². The van der Waals surface area contributed by atoms with E-state index in [-0.39, 0.29) is 17.2 Å². The van der Waals surface area contributed by atoms with Crippen molar-refractivity contribution in [3.63, 3.8) is 0 Å². The van der Waals surface area contributed by atoms with Crippen LogP contribution in [0.1, 0.15) is 27.3 Å². The topological polar surface area (TPSA) is 91.6 Å². The number of amides is 1. The molecule has 1 N–H and O–H groups in total. The number of anilines is 1. The third-order valence-corrected chi connectivity index (χ3v) is 3.40. The van der Waals surface area contributed by atoms with Crippen LogP contribution in [0.5, 0.6) is 0 Å². The van der Waals surface area contributed by atoms with Crippen LogP contribution in [0.25, 0.3) is 0 Å². The first-order valence-electron chi connectivity index (χ1n) is 7.47. The molecule has 128 valence electrons. The van der Waals surface area contributed by atoms with E-state index in [4.69, 9.17) is 5.26 Å². The van der Waals surface area contributed by atoms with E-state index >= 15 is 0 Å². The number of nitrogens with one attached hydrogen (secondary N) is 1. The average Bonchev–Trinajstić information content (AvgIpc) is 2.62. The summed E-state index contributed by atoms with van der Waals surface area (Å²) in [6.07, 6.45) is 4.20. The van der Waals surface area contributed by atoms with Crippen molar-refractivity contribution < 1.29 is 13.6 Å². The molecule has 1 amide bonds. The van der Waals surface area contributed by atoms with Crippen LogP contribution >= 0.6 is 0 Å². The van der Waals surface area contributed by atoms with E-state index in [2.05, 4.69) is 20.3 Å². The van der Waals surface area contributed by atoms with Crippen molar-refractivity contribution in [2.75, 3.05) is 5.32 Å². The number of hydrogen-bond donors (Lipinski definition) is 1. The highest BCUT2D eigenvalue weighted by molar-refractivity contribution is 6.02. The quantitative estimate of drug-likeness (QED) is 0.780. The summed E-state index contributed by atoms with van der Waals surface area (Å²) in [6, 6.07) is 8.39. The summed E-state index contributed by atoms with van der Waals surface area (Å²) in [7, 11) is 0. The number of carbonyl (C=O) groups is 1. The SMILES string of the molecule is N#Cc1cnc(C(=O)Nc2ccc(Cc3cc(F)cc(F)c3)cn2)cn1. The van der Waals surface area contributed by atoms with Gasteiger partial charge in [0.2, 0.25) is 0 Å². The van der Waals surface area contributed by atoms with Crippen LogP contribution in [0, 0.1) is 23.0 Å².